The summed E-state index contributed by atoms with van der Waals surface area (Å²) < 4.78 is 5.25. The van der Waals surface area contributed by atoms with Gasteiger partial charge in [0.1, 0.15) is 5.75 Å². The molecule has 2 aromatic carbocycles. The van der Waals surface area contributed by atoms with Gasteiger partial charge in [0.2, 0.25) is 0 Å². The van der Waals surface area contributed by atoms with Crippen molar-refractivity contribution in [1.29, 1.82) is 0 Å². The number of thioether (sulfide) groups is 1. The minimum atomic E-state index is 0.906. The summed E-state index contributed by atoms with van der Waals surface area (Å²) in [7, 11) is 1.71. The number of nitrogens with zero attached hydrogens (tertiary/aromatic N) is 1. The number of anilines is 1. The van der Waals surface area contributed by atoms with Gasteiger partial charge in [0.05, 0.1) is 7.11 Å². The highest BCUT2D eigenvalue weighted by molar-refractivity contribution is 7.98. The SMILES string of the molecule is CCCCN(Cc1ccc(SC)cc1)c1ccc(OC)cc1. The molecule has 2 rings (SSSR count). The molecule has 0 atom stereocenters. The van der Waals surface area contributed by atoms with Crippen LogP contribution < -0.4 is 9.64 Å². The van der Waals surface area contributed by atoms with E-state index >= 15 is 0 Å². The van der Waals surface area contributed by atoms with E-state index < -0.39 is 0 Å². The van der Waals surface area contributed by atoms with Gasteiger partial charge in [-0.15, -0.1) is 11.8 Å². The van der Waals surface area contributed by atoms with Crippen molar-refractivity contribution in [3.63, 3.8) is 0 Å². The van der Waals surface area contributed by atoms with Crippen molar-refractivity contribution in [3.05, 3.63) is 54.1 Å². The van der Waals surface area contributed by atoms with Crippen LogP contribution >= 0.6 is 11.8 Å². The van der Waals surface area contributed by atoms with Gasteiger partial charge >= 0.3 is 0 Å². The molecule has 0 unspecified atom stereocenters. The Morgan fingerprint density at radius 2 is 1.68 bits per heavy atom. The zero-order valence-electron chi connectivity index (χ0n) is 13.7. The Hall–Kier alpha value is -1.61. The monoisotopic (exact) mass is 315 g/mol. The minimum Gasteiger partial charge on any atom is -0.497 e. The molecular weight excluding hydrogens is 290 g/mol. The average molecular weight is 315 g/mol. The maximum Gasteiger partial charge on any atom is 0.119 e. The molecule has 0 amide bonds. The van der Waals surface area contributed by atoms with Crippen LogP contribution in [-0.4, -0.2) is 19.9 Å². The minimum absolute atomic E-state index is 0.906. The van der Waals surface area contributed by atoms with Gasteiger partial charge in [0.15, 0.2) is 0 Å². The summed E-state index contributed by atoms with van der Waals surface area (Å²) in [4.78, 5) is 3.75. The third-order valence-corrected chi connectivity index (χ3v) is 4.50. The van der Waals surface area contributed by atoms with Gasteiger partial charge in [-0.3, -0.25) is 0 Å². The lowest BCUT2D eigenvalue weighted by molar-refractivity contribution is 0.415. The molecule has 0 aliphatic heterocycles. The summed E-state index contributed by atoms with van der Waals surface area (Å²) in [6, 6.07) is 17.2. The first-order chi connectivity index (χ1) is 10.8. The lowest BCUT2D eigenvalue weighted by atomic mass is 10.1. The Morgan fingerprint density at radius 1 is 1.00 bits per heavy atom. The maximum absolute atomic E-state index is 5.25. The van der Waals surface area contributed by atoms with Crippen LogP contribution in [0.4, 0.5) is 5.69 Å². The Bertz CT molecular complexity index is 551. The van der Waals surface area contributed by atoms with E-state index in [2.05, 4.69) is 54.5 Å². The summed E-state index contributed by atoms with van der Waals surface area (Å²) in [5.74, 6) is 0.906. The van der Waals surface area contributed by atoms with Crippen molar-refractivity contribution >= 4 is 17.4 Å². The summed E-state index contributed by atoms with van der Waals surface area (Å²) >= 11 is 1.78. The predicted octanol–water partition coefficient (Wildman–Crippen LogP) is 5.22. The quantitative estimate of drug-likeness (QED) is 0.619. The van der Waals surface area contributed by atoms with Crippen molar-refractivity contribution in [3.8, 4) is 5.75 Å². The molecule has 0 aromatic heterocycles. The van der Waals surface area contributed by atoms with Crippen molar-refractivity contribution in [2.24, 2.45) is 0 Å². The molecule has 0 heterocycles. The molecule has 0 bridgehead atoms. The van der Waals surface area contributed by atoms with E-state index in [1.54, 1.807) is 18.9 Å². The molecule has 0 aliphatic rings. The fourth-order valence-electron chi connectivity index (χ4n) is 2.39. The first-order valence-electron chi connectivity index (χ1n) is 7.78. The number of hydrogen-bond donors (Lipinski definition) is 0. The summed E-state index contributed by atoms with van der Waals surface area (Å²) in [6.45, 7) is 4.26. The molecular formula is C19H25NOS. The number of hydrogen-bond acceptors (Lipinski definition) is 3. The molecule has 118 valence electrons. The largest absolute Gasteiger partial charge is 0.497 e. The molecule has 0 radical (unpaired) electrons. The molecule has 0 N–H and O–H groups in total. The first kappa shape index (κ1) is 16.8. The van der Waals surface area contributed by atoms with Crippen LogP contribution in [0.2, 0.25) is 0 Å². The van der Waals surface area contributed by atoms with Crippen molar-refractivity contribution in [2.75, 3.05) is 24.8 Å². The van der Waals surface area contributed by atoms with Crippen LogP contribution in [0.1, 0.15) is 25.3 Å². The highest BCUT2D eigenvalue weighted by atomic mass is 32.2. The average Bonchev–Trinajstić information content (AvgIpc) is 2.59. The molecule has 2 nitrogen and oxygen atoms in total. The molecule has 2 aromatic rings. The second-order valence-electron chi connectivity index (χ2n) is 5.32. The summed E-state index contributed by atoms with van der Waals surface area (Å²) in [5.41, 5.74) is 2.60. The third-order valence-electron chi connectivity index (χ3n) is 3.75. The third kappa shape index (κ3) is 4.70. The van der Waals surface area contributed by atoms with Crippen molar-refractivity contribution in [1.82, 2.24) is 0 Å². The van der Waals surface area contributed by atoms with Gasteiger partial charge in [0, 0.05) is 23.7 Å². The smallest absolute Gasteiger partial charge is 0.119 e. The van der Waals surface area contributed by atoms with E-state index in [0.717, 1.165) is 18.8 Å². The fourth-order valence-corrected chi connectivity index (χ4v) is 2.80. The zero-order chi connectivity index (χ0) is 15.8. The van der Waals surface area contributed by atoms with Crippen molar-refractivity contribution in [2.45, 2.75) is 31.2 Å². The van der Waals surface area contributed by atoms with Gasteiger partial charge in [0.25, 0.3) is 0 Å². The predicted molar refractivity (Wildman–Crippen MR) is 97.2 cm³/mol. The highest BCUT2D eigenvalue weighted by Crippen LogP contribution is 2.22. The van der Waals surface area contributed by atoms with Crippen molar-refractivity contribution < 1.29 is 4.74 Å². The van der Waals surface area contributed by atoms with E-state index in [9.17, 15) is 0 Å². The number of rotatable bonds is 8. The van der Waals surface area contributed by atoms with E-state index in [1.165, 1.54) is 29.0 Å². The number of ether oxygens (including phenoxy) is 1. The maximum atomic E-state index is 5.25. The van der Waals surface area contributed by atoms with E-state index in [0.29, 0.717) is 0 Å². The van der Waals surface area contributed by atoms with E-state index in [1.807, 2.05) is 12.1 Å². The fraction of sp³-hybridized carbons (Fsp3) is 0.368. The summed E-state index contributed by atoms with van der Waals surface area (Å²) in [5, 5.41) is 0. The molecule has 0 saturated carbocycles. The molecule has 22 heavy (non-hydrogen) atoms. The summed E-state index contributed by atoms with van der Waals surface area (Å²) in [6.07, 6.45) is 4.52. The van der Waals surface area contributed by atoms with Gasteiger partial charge in [-0.1, -0.05) is 25.5 Å². The Labute approximate surface area is 138 Å². The standard InChI is InChI=1S/C19H25NOS/c1-4-5-14-20(17-8-10-18(21-2)11-9-17)15-16-6-12-19(22-3)13-7-16/h6-13H,4-5,14-15H2,1-3H3. The van der Waals surface area contributed by atoms with Gasteiger partial charge in [-0.2, -0.15) is 0 Å². The lowest BCUT2D eigenvalue weighted by Crippen LogP contribution is -2.23. The van der Waals surface area contributed by atoms with Crippen LogP contribution in [0.3, 0.4) is 0 Å². The zero-order valence-corrected chi connectivity index (χ0v) is 14.5. The van der Waals surface area contributed by atoms with Gasteiger partial charge < -0.3 is 9.64 Å². The molecule has 0 fully saturated rings. The van der Waals surface area contributed by atoms with Crippen LogP contribution in [0.5, 0.6) is 5.75 Å². The number of benzene rings is 2. The van der Waals surface area contributed by atoms with Gasteiger partial charge in [-0.05, 0) is 54.6 Å². The number of unbranched alkanes of at least 4 members (excludes halogenated alkanes) is 1. The van der Waals surface area contributed by atoms with Crippen LogP contribution in [0.15, 0.2) is 53.4 Å². The lowest BCUT2D eigenvalue weighted by Gasteiger charge is -2.25. The Morgan fingerprint density at radius 3 is 2.23 bits per heavy atom. The highest BCUT2D eigenvalue weighted by Gasteiger charge is 2.07. The molecule has 0 saturated heterocycles. The van der Waals surface area contributed by atoms with Crippen LogP contribution in [0, 0.1) is 0 Å². The Kier molecular flexibility index (Phi) is 6.66. The second kappa shape index (κ2) is 8.74. The topological polar surface area (TPSA) is 12.5 Å². The second-order valence-corrected chi connectivity index (χ2v) is 6.20. The molecule has 0 spiro atoms. The first-order valence-corrected chi connectivity index (χ1v) is 9.01. The van der Waals surface area contributed by atoms with E-state index in [-0.39, 0.29) is 0 Å². The van der Waals surface area contributed by atoms with Gasteiger partial charge in [-0.25, -0.2) is 0 Å². The number of methoxy groups -OCH3 is 1. The Balaban J connectivity index is 2.13. The molecule has 3 heteroatoms. The normalized spacial score (nSPS) is 10.5. The van der Waals surface area contributed by atoms with Crippen LogP contribution in [-0.2, 0) is 6.54 Å². The molecule has 0 aliphatic carbocycles. The van der Waals surface area contributed by atoms with E-state index in [4.69, 9.17) is 4.74 Å². The van der Waals surface area contributed by atoms with Crippen LogP contribution in [0.25, 0.3) is 0 Å².